The summed E-state index contributed by atoms with van der Waals surface area (Å²) < 4.78 is 1.96. The van der Waals surface area contributed by atoms with E-state index in [4.69, 9.17) is 0 Å². The maximum atomic E-state index is 11.5. The Labute approximate surface area is 142 Å². The van der Waals surface area contributed by atoms with E-state index >= 15 is 0 Å². The van der Waals surface area contributed by atoms with Gasteiger partial charge in [0.25, 0.3) is 5.56 Å². The Balaban J connectivity index is 2.02. The van der Waals surface area contributed by atoms with Crippen LogP contribution in [-0.4, -0.2) is 30.5 Å². The Morgan fingerprint density at radius 2 is 1.92 bits per heavy atom. The van der Waals surface area contributed by atoms with Crippen molar-refractivity contribution in [1.29, 1.82) is 0 Å². The first kappa shape index (κ1) is 16.3. The second-order valence-corrected chi connectivity index (χ2v) is 6.27. The van der Waals surface area contributed by atoms with E-state index in [1.165, 1.54) is 6.07 Å². The second-order valence-electron chi connectivity index (χ2n) is 5.21. The summed E-state index contributed by atoms with van der Waals surface area (Å²) in [5.74, 6) is 1.60. The van der Waals surface area contributed by atoms with Crippen LogP contribution in [0, 0.1) is 0 Å². The molecule has 2 N–H and O–H groups in total. The average Bonchev–Trinajstić information content (AvgIpc) is 2.95. The highest BCUT2D eigenvalue weighted by Gasteiger charge is 2.15. The van der Waals surface area contributed by atoms with E-state index in [0.717, 1.165) is 23.0 Å². The molecule has 3 aromatic rings. The van der Waals surface area contributed by atoms with Gasteiger partial charge in [0.2, 0.25) is 0 Å². The van der Waals surface area contributed by atoms with Gasteiger partial charge in [0, 0.05) is 29.6 Å². The summed E-state index contributed by atoms with van der Waals surface area (Å²) in [5.41, 5.74) is 0.493. The summed E-state index contributed by atoms with van der Waals surface area (Å²) in [7, 11) is 0. The Hall–Kier alpha value is -2.61. The predicted octanol–water partition coefficient (Wildman–Crippen LogP) is 1.74. The fourth-order valence-corrected chi connectivity index (χ4v) is 3.15. The summed E-state index contributed by atoms with van der Waals surface area (Å²) >= 11 is 1.63. The fourth-order valence-electron chi connectivity index (χ4n) is 2.32. The molecule has 0 saturated carbocycles. The third-order valence-corrected chi connectivity index (χ3v) is 4.45. The standard InChI is InChI=1S/C16H17N5O2S/c1-2-8-24-16-20-19-13(21(16)12-6-4-3-5-7-12)9-11-10-14(22)18-15(23)17-11/h3-7,10H,2,8-9H2,1H3,(H2,17,18,22,23). The van der Waals surface area contributed by atoms with E-state index in [1.54, 1.807) is 11.8 Å². The zero-order valence-electron chi connectivity index (χ0n) is 13.2. The maximum absolute atomic E-state index is 11.5. The molecule has 0 aliphatic rings. The van der Waals surface area contributed by atoms with Gasteiger partial charge in [-0.05, 0) is 18.6 Å². The first-order valence-electron chi connectivity index (χ1n) is 7.62. The van der Waals surface area contributed by atoms with Crippen molar-refractivity contribution in [1.82, 2.24) is 24.7 Å². The van der Waals surface area contributed by atoms with Crippen molar-refractivity contribution in [3.63, 3.8) is 0 Å². The van der Waals surface area contributed by atoms with Gasteiger partial charge in [-0.3, -0.25) is 14.3 Å². The van der Waals surface area contributed by atoms with Gasteiger partial charge in [0.15, 0.2) is 5.16 Å². The highest BCUT2D eigenvalue weighted by atomic mass is 32.2. The largest absolute Gasteiger partial charge is 0.325 e. The van der Waals surface area contributed by atoms with Crippen LogP contribution in [0.4, 0.5) is 0 Å². The van der Waals surface area contributed by atoms with Crippen LogP contribution in [0.3, 0.4) is 0 Å². The molecule has 0 spiro atoms. The Kier molecular flexibility index (Phi) is 4.95. The van der Waals surface area contributed by atoms with E-state index in [9.17, 15) is 9.59 Å². The number of benzene rings is 1. The van der Waals surface area contributed by atoms with Gasteiger partial charge >= 0.3 is 5.69 Å². The van der Waals surface area contributed by atoms with Crippen LogP contribution in [0.25, 0.3) is 5.69 Å². The highest BCUT2D eigenvalue weighted by molar-refractivity contribution is 7.99. The SMILES string of the molecule is CCCSc1nnc(Cc2cc(=O)[nH]c(=O)[nH]2)n1-c1ccccc1. The molecule has 3 rings (SSSR count). The molecular formula is C16H17N5O2S. The number of thioether (sulfide) groups is 1. The highest BCUT2D eigenvalue weighted by Crippen LogP contribution is 2.23. The lowest BCUT2D eigenvalue weighted by atomic mass is 10.2. The molecule has 0 amide bonds. The normalized spacial score (nSPS) is 10.9. The van der Waals surface area contributed by atoms with Crippen molar-refractivity contribution < 1.29 is 0 Å². The molecule has 7 nitrogen and oxygen atoms in total. The van der Waals surface area contributed by atoms with Crippen molar-refractivity contribution in [3.05, 3.63) is 68.8 Å². The smallest absolute Gasteiger partial charge is 0.311 e. The quantitative estimate of drug-likeness (QED) is 0.665. The van der Waals surface area contributed by atoms with E-state index in [0.29, 0.717) is 17.9 Å². The minimum absolute atomic E-state index is 0.313. The Bertz CT molecular complexity index is 901. The Morgan fingerprint density at radius 1 is 1.12 bits per heavy atom. The van der Waals surface area contributed by atoms with E-state index in [1.807, 2.05) is 34.9 Å². The number of nitrogens with zero attached hydrogens (tertiary/aromatic N) is 3. The number of hydrogen-bond donors (Lipinski definition) is 2. The average molecular weight is 343 g/mol. The number of para-hydroxylation sites is 1. The minimum atomic E-state index is -0.524. The molecule has 0 bridgehead atoms. The molecule has 0 saturated heterocycles. The topological polar surface area (TPSA) is 96.4 Å². The molecule has 0 fully saturated rings. The zero-order valence-corrected chi connectivity index (χ0v) is 14.0. The van der Waals surface area contributed by atoms with E-state index < -0.39 is 11.2 Å². The lowest BCUT2D eigenvalue weighted by Gasteiger charge is -2.09. The lowest BCUT2D eigenvalue weighted by Crippen LogP contribution is -2.23. The van der Waals surface area contributed by atoms with Crippen molar-refractivity contribution in [3.8, 4) is 5.69 Å². The molecule has 1 aromatic carbocycles. The van der Waals surface area contributed by atoms with Crippen LogP contribution in [-0.2, 0) is 6.42 Å². The van der Waals surface area contributed by atoms with Gasteiger partial charge in [-0.15, -0.1) is 10.2 Å². The van der Waals surface area contributed by atoms with E-state index in [2.05, 4.69) is 27.1 Å². The molecule has 0 unspecified atom stereocenters. The molecule has 0 radical (unpaired) electrons. The van der Waals surface area contributed by atoms with Gasteiger partial charge in [0.1, 0.15) is 5.82 Å². The summed E-state index contributed by atoms with van der Waals surface area (Å²) in [6.45, 7) is 2.11. The predicted molar refractivity (Wildman–Crippen MR) is 92.9 cm³/mol. The van der Waals surface area contributed by atoms with Gasteiger partial charge in [-0.25, -0.2) is 4.79 Å². The van der Waals surface area contributed by atoms with Gasteiger partial charge in [0.05, 0.1) is 0 Å². The number of aromatic amines is 2. The third kappa shape index (κ3) is 3.65. The molecule has 2 heterocycles. The van der Waals surface area contributed by atoms with Gasteiger partial charge in [-0.1, -0.05) is 36.9 Å². The van der Waals surface area contributed by atoms with Crippen LogP contribution in [0.5, 0.6) is 0 Å². The maximum Gasteiger partial charge on any atom is 0.325 e. The molecule has 124 valence electrons. The zero-order chi connectivity index (χ0) is 16.9. The van der Waals surface area contributed by atoms with Crippen LogP contribution in [0.1, 0.15) is 24.9 Å². The first-order chi connectivity index (χ1) is 11.7. The first-order valence-corrected chi connectivity index (χ1v) is 8.61. The molecule has 0 aliphatic carbocycles. The Morgan fingerprint density at radius 3 is 2.62 bits per heavy atom. The summed E-state index contributed by atoms with van der Waals surface area (Å²) in [5, 5.41) is 9.32. The number of aromatic nitrogens is 5. The summed E-state index contributed by atoms with van der Waals surface area (Å²) in [4.78, 5) is 27.7. The van der Waals surface area contributed by atoms with Gasteiger partial charge < -0.3 is 4.98 Å². The minimum Gasteiger partial charge on any atom is -0.311 e. The van der Waals surface area contributed by atoms with Crippen molar-refractivity contribution in [2.24, 2.45) is 0 Å². The molecule has 0 atom stereocenters. The van der Waals surface area contributed by atoms with Crippen molar-refractivity contribution in [2.45, 2.75) is 24.9 Å². The summed E-state index contributed by atoms with van der Waals surface area (Å²) in [6, 6.07) is 11.2. The molecule has 2 aromatic heterocycles. The van der Waals surface area contributed by atoms with E-state index in [-0.39, 0.29) is 0 Å². The van der Waals surface area contributed by atoms with Crippen molar-refractivity contribution in [2.75, 3.05) is 5.75 Å². The molecule has 24 heavy (non-hydrogen) atoms. The van der Waals surface area contributed by atoms with Crippen molar-refractivity contribution >= 4 is 11.8 Å². The number of H-pyrrole nitrogens is 2. The van der Waals surface area contributed by atoms with Crippen LogP contribution in [0.2, 0.25) is 0 Å². The third-order valence-electron chi connectivity index (χ3n) is 3.31. The lowest BCUT2D eigenvalue weighted by molar-refractivity contribution is 0.829. The van der Waals surface area contributed by atoms with Crippen LogP contribution in [0.15, 0.2) is 51.1 Å². The molecular weight excluding hydrogens is 326 g/mol. The molecule has 0 aliphatic heterocycles. The monoisotopic (exact) mass is 343 g/mol. The van der Waals surface area contributed by atoms with Gasteiger partial charge in [-0.2, -0.15) is 0 Å². The summed E-state index contributed by atoms with van der Waals surface area (Å²) in [6.07, 6.45) is 1.34. The number of rotatable bonds is 6. The number of nitrogens with one attached hydrogen (secondary N) is 2. The number of hydrogen-bond acceptors (Lipinski definition) is 5. The second kappa shape index (κ2) is 7.31. The molecule has 8 heteroatoms. The van der Waals surface area contributed by atoms with Crippen LogP contribution < -0.4 is 11.2 Å². The fraction of sp³-hybridized carbons (Fsp3) is 0.250. The van der Waals surface area contributed by atoms with Crippen LogP contribution >= 0.6 is 11.8 Å².